The molecule has 3 heteroatoms. The highest BCUT2D eigenvalue weighted by Gasteiger charge is 2.23. The molecule has 0 spiro atoms. The van der Waals surface area contributed by atoms with Crippen LogP contribution in [-0.2, 0) is 11.3 Å². The second kappa shape index (κ2) is 5.43. The highest BCUT2D eigenvalue weighted by molar-refractivity contribution is 5.14. The van der Waals surface area contributed by atoms with Crippen LogP contribution in [0.2, 0.25) is 0 Å². The zero-order valence-electron chi connectivity index (χ0n) is 9.67. The molecule has 88 valence electrons. The summed E-state index contributed by atoms with van der Waals surface area (Å²) in [4.78, 5) is 2.33. The van der Waals surface area contributed by atoms with Crippen LogP contribution in [0.5, 0.6) is 0 Å². The number of hydrogen-bond donors (Lipinski definition) is 1. The van der Waals surface area contributed by atoms with Gasteiger partial charge in [0.15, 0.2) is 0 Å². The summed E-state index contributed by atoms with van der Waals surface area (Å²) >= 11 is 0. The van der Waals surface area contributed by atoms with Crippen LogP contribution < -0.4 is 0 Å². The van der Waals surface area contributed by atoms with Gasteiger partial charge in [-0.05, 0) is 12.5 Å². The molecule has 2 atom stereocenters. The molecule has 16 heavy (non-hydrogen) atoms. The fourth-order valence-electron chi connectivity index (χ4n) is 2.01. The van der Waals surface area contributed by atoms with Crippen LogP contribution in [-0.4, -0.2) is 41.9 Å². The van der Waals surface area contributed by atoms with Gasteiger partial charge < -0.3 is 9.84 Å². The molecule has 1 aliphatic heterocycles. The van der Waals surface area contributed by atoms with Crippen molar-refractivity contribution in [3.63, 3.8) is 0 Å². The second-order valence-corrected chi connectivity index (χ2v) is 4.37. The third-order valence-electron chi connectivity index (χ3n) is 2.96. The Labute approximate surface area is 96.6 Å². The summed E-state index contributed by atoms with van der Waals surface area (Å²) in [6.45, 7) is 5.19. The molecule has 2 rings (SSSR count). The van der Waals surface area contributed by atoms with Gasteiger partial charge in [-0.15, -0.1) is 0 Å². The smallest absolute Gasteiger partial charge is 0.0958 e. The minimum absolute atomic E-state index is 0.0440. The van der Waals surface area contributed by atoms with Gasteiger partial charge in [0, 0.05) is 19.6 Å². The topological polar surface area (TPSA) is 32.7 Å². The Bertz CT molecular complexity index is 313. The fourth-order valence-corrected chi connectivity index (χ4v) is 2.01. The van der Waals surface area contributed by atoms with E-state index in [4.69, 9.17) is 4.74 Å². The Morgan fingerprint density at radius 1 is 1.44 bits per heavy atom. The zero-order chi connectivity index (χ0) is 11.4. The minimum Gasteiger partial charge on any atom is -0.391 e. The zero-order valence-corrected chi connectivity index (χ0v) is 9.67. The van der Waals surface area contributed by atoms with Gasteiger partial charge in [-0.2, -0.15) is 0 Å². The summed E-state index contributed by atoms with van der Waals surface area (Å²) in [6, 6.07) is 10.4. The van der Waals surface area contributed by atoms with Gasteiger partial charge in [-0.3, -0.25) is 4.90 Å². The molecule has 1 N–H and O–H groups in total. The van der Waals surface area contributed by atoms with E-state index < -0.39 is 6.10 Å². The maximum absolute atomic E-state index is 9.51. The highest BCUT2D eigenvalue weighted by Crippen LogP contribution is 2.12. The van der Waals surface area contributed by atoms with E-state index in [2.05, 4.69) is 29.2 Å². The second-order valence-electron chi connectivity index (χ2n) is 4.37. The molecule has 0 saturated carbocycles. The van der Waals surface area contributed by atoms with Gasteiger partial charge >= 0.3 is 0 Å². The molecule has 0 bridgehead atoms. The van der Waals surface area contributed by atoms with E-state index in [1.54, 1.807) is 6.92 Å². The molecule has 1 saturated heterocycles. The molecule has 3 nitrogen and oxygen atoms in total. The van der Waals surface area contributed by atoms with Gasteiger partial charge in [0.25, 0.3) is 0 Å². The first-order valence-corrected chi connectivity index (χ1v) is 5.81. The monoisotopic (exact) mass is 221 g/mol. The third kappa shape index (κ3) is 3.04. The van der Waals surface area contributed by atoms with E-state index in [-0.39, 0.29) is 6.10 Å². The van der Waals surface area contributed by atoms with E-state index in [1.165, 1.54) is 5.56 Å². The lowest BCUT2D eigenvalue weighted by atomic mass is 10.1. The predicted molar refractivity (Wildman–Crippen MR) is 63.1 cm³/mol. The maximum atomic E-state index is 9.51. The Morgan fingerprint density at radius 3 is 2.88 bits per heavy atom. The minimum atomic E-state index is -0.390. The molecule has 0 amide bonds. The number of aliphatic hydroxyl groups excluding tert-OH is 1. The van der Waals surface area contributed by atoms with Crippen LogP contribution in [0.1, 0.15) is 12.5 Å². The first-order valence-electron chi connectivity index (χ1n) is 5.81. The lowest BCUT2D eigenvalue weighted by Crippen LogP contribution is -2.46. The largest absolute Gasteiger partial charge is 0.391 e. The van der Waals surface area contributed by atoms with Crippen molar-refractivity contribution in [2.24, 2.45) is 0 Å². The summed E-state index contributed by atoms with van der Waals surface area (Å²) in [5.74, 6) is 0. The molecule has 1 aromatic rings. The quantitative estimate of drug-likeness (QED) is 0.834. The number of rotatable bonds is 3. The third-order valence-corrected chi connectivity index (χ3v) is 2.96. The van der Waals surface area contributed by atoms with Crippen molar-refractivity contribution in [1.82, 2.24) is 4.90 Å². The molecular weight excluding hydrogens is 202 g/mol. The molecule has 1 heterocycles. The average Bonchev–Trinajstić information content (AvgIpc) is 2.30. The van der Waals surface area contributed by atoms with Crippen LogP contribution in [0.15, 0.2) is 30.3 Å². The number of ether oxygens (including phenoxy) is 1. The van der Waals surface area contributed by atoms with Crippen LogP contribution in [0.4, 0.5) is 0 Å². The standard InChI is InChI=1S/C13H19NO2/c1-11(15)13-10-14(7-8-16-13)9-12-5-3-2-4-6-12/h2-6,11,13,15H,7-10H2,1H3/t11-,13-/m1/s1. The van der Waals surface area contributed by atoms with Crippen LogP contribution >= 0.6 is 0 Å². The van der Waals surface area contributed by atoms with E-state index >= 15 is 0 Å². The maximum Gasteiger partial charge on any atom is 0.0958 e. The van der Waals surface area contributed by atoms with Gasteiger partial charge in [0.2, 0.25) is 0 Å². The van der Waals surface area contributed by atoms with Crippen molar-refractivity contribution in [2.45, 2.75) is 25.7 Å². The van der Waals surface area contributed by atoms with Crippen molar-refractivity contribution in [3.05, 3.63) is 35.9 Å². The van der Waals surface area contributed by atoms with E-state index in [0.29, 0.717) is 6.61 Å². The first kappa shape index (κ1) is 11.6. The molecule has 0 unspecified atom stereocenters. The lowest BCUT2D eigenvalue weighted by Gasteiger charge is -2.34. The Kier molecular flexibility index (Phi) is 3.93. The molecule has 0 aliphatic carbocycles. The van der Waals surface area contributed by atoms with Gasteiger partial charge in [0.1, 0.15) is 0 Å². The Morgan fingerprint density at radius 2 is 2.19 bits per heavy atom. The molecule has 1 fully saturated rings. The molecule has 1 aromatic carbocycles. The van der Waals surface area contributed by atoms with E-state index in [1.807, 2.05) is 6.07 Å². The first-order chi connectivity index (χ1) is 7.75. The summed E-state index contributed by atoms with van der Waals surface area (Å²) in [6.07, 6.45) is -0.434. The van der Waals surface area contributed by atoms with Gasteiger partial charge in [0.05, 0.1) is 18.8 Å². The summed E-state index contributed by atoms with van der Waals surface area (Å²) in [7, 11) is 0. The fraction of sp³-hybridized carbons (Fsp3) is 0.538. The van der Waals surface area contributed by atoms with Crippen molar-refractivity contribution < 1.29 is 9.84 Å². The molecule has 0 aromatic heterocycles. The summed E-state index contributed by atoms with van der Waals surface area (Å²) in [5, 5.41) is 9.51. The summed E-state index contributed by atoms with van der Waals surface area (Å²) in [5.41, 5.74) is 1.31. The van der Waals surface area contributed by atoms with Crippen molar-refractivity contribution in [3.8, 4) is 0 Å². The number of nitrogens with zero attached hydrogens (tertiary/aromatic N) is 1. The number of hydrogen-bond acceptors (Lipinski definition) is 3. The SMILES string of the molecule is C[C@@H](O)[C@H]1CN(Cc2ccccc2)CCO1. The highest BCUT2D eigenvalue weighted by atomic mass is 16.5. The number of benzene rings is 1. The average molecular weight is 221 g/mol. The normalized spacial score (nSPS) is 24.2. The molecule has 1 aliphatic rings. The number of morpholine rings is 1. The summed E-state index contributed by atoms with van der Waals surface area (Å²) < 4.78 is 5.52. The van der Waals surface area contributed by atoms with Crippen molar-refractivity contribution >= 4 is 0 Å². The molecule has 0 radical (unpaired) electrons. The van der Waals surface area contributed by atoms with Crippen LogP contribution in [0.25, 0.3) is 0 Å². The van der Waals surface area contributed by atoms with Crippen molar-refractivity contribution in [1.29, 1.82) is 0 Å². The van der Waals surface area contributed by atoms with E-state index in [9.17, 15) is 5.11 Å². The van der Waals surface area contributed by atoms with E-state index in [0.717, 1.165) is 19.6 Å². The van der Waals surface area contributed by atoms with Gasteiger partial charge in [-0.25, -0.2) is 0 Å². The predicted octanol–water partition coefficient (Wildman–Crippen LogP) is 1.27. The van der Waals surface area contributed by atoms with Gasteiger partial charge in [-0.1, -0.05) is 30.3 Å². The van der Waals surface area contributed by atoms with Crippen LogP contribution in [0.3, 0.4) is 0 Å². The Hall–Kier alpha value is -0.900. The van der Waals surface area contributed by atoms with Crippen molar-refractivity contribution in [2.75, 3.05) is 19.7 Å². The van der Waals surface area contributed by atoms with Crippen LogP contribution in [0, 0.1) is 0 Å². The molecular formula is C13H19NO2. The lowest BCUT2D eigenvalue weighted by molar-refractivity contribution is -0.0845. The number of aliphatic hydroxyl groups is 1. The Balaban J connectivity index is 1.90.